The average molecular weight is 337 g/mol. The fourth-order valence-electron chi connectivity index (χ4n) is 1.55. The van der Waals surface area contributed by atoms with Gasteiger partial charge < -0.3 is 15.2 Å². The lowest BCUT2D eigenvalue weighted by Gasteiger charge is -2.06. The van der Waals surface area contributed by atoms with Gasteiger partial charge in [-0.15, -0.1) is 5.10 Å². The summed E-state index contributed by atoms with van der Waals surface area (Å²) in [6.45, 7) is -0.526. The van der Waals surface area contributed by atoms with Gasteiger partial charge in [-0.1, -0.05) is 17.8 Å². The number of non-ortho nitro benzene ring substituents is 1. The average Bonchev–Trinajstić information content (AvgIpc) is 2.92. The largest absolute Gasteiger partial charge is 0.548 e. The first kappa shape index (κ1) is 16.4. The van der Waals surface area contributed by atoms with E-state index >= 15 is 0 Å². The Labute approximate surface area is 132 Å². The van der Waals surface area contributed by atoms with Crippen molar-refractivity contribution in [2.45, 2.75) is 11.7 Å². The van der Waals surface area contributed by atoms with Crippen LogP contribution in [0.3, 0.4) is 0 Å². The molecule has 0 radical (unpaired) electrons. The highest BCUT2D eigenvalue weighted by molar-refractivity contribution is 7.99. The molecule has 0 unspecified atom stereocenters. The topological polar surface area (TPSA) is 156 Å². The normalized spacial score (nSPS) is 10.3. The number of rotatable bonds is 7. The van der Waals surface area contributed by atoms with E-state index in [2.05, 4.69) is 20.8 Å². The van der Waals surface area contributed by atoms with Gasteiger partial charge in [0.1, 0.15) is 0 Å². The minimum absolute atomic E-state index is 0.101. The molecule has 0 atom stereocenters. The highest BCUT2D eigenvalue weighted by atomic mass is 32.2. The number of thioether (sulfide) groups is 1. The van der Waals surface area contributed by atoms with E-state index in [4.69, 9.17) is 0 Å². The summed E-state index contributed by atoms with van der Waals surface area (Å²) in [6, 6.07) is 5.48. The summed E-state index contributed by atoms with van der Waals surface area (Å²) < 4.78 is 0.987. The summed E-state index contributed by atoms with van der Waals surface area (Å²) in [5, 5.41) is 34.2. The number of amides is 1. The van der Waals surface area contributed by atoms with Crippen molar-refractivity contribution in [3.63, 3.8) is 0 Å². The van der Waals surface area contributed by atoms with Crippen LogP contribution in [0.2, 0.25) is 0 Å². The van der Waals surface area contributed by atoms with Gasteiger partial charge in [-0.25, -0.2) is 4.68 Å². The lowest BCUT2D eigenvalue weighted by atomic mass is 10.3. The van der Waals surface area contributed by atoms with Gasteiger partial charge in [0.25, 0.3) is 5.69 Å². The third-order valence-corrected chi connectivity index (χ3v) is 3.41. The molecule has 0 fully saturated rings. The zero-order chi connectivity index (χ0) is 16.8. The number of carboxylic acids is 1. The van der Waals surface area contributed by atoms with Crippen LogP contribution in [0.1, 0.15) is 0 Å². The van der Waals surface area contributed by atoms with Gasteiger partial charge in [0.2, 0.25) is 11.1 Å². The molecule has 0 saturated heterocycles. The van der Waals surface area contributed by atoms with Crippen LogP contribution in [0.5, 0.6) is 0 Å². The van der Waals surface area contributed by atoms with Crippen LogP contribution in [0.4, 0.5) is 11.4 Å². The molecule has 11 nitrogen and oxygen atoms in total. The number of aliphatic carboxylic acids is 1. The molecule has 120 valence electrons. The number of hydrogen-bond donors (Lipinski definition) is 1. The fourth-order valence-corrected chi connectivity index (χ4v) is 2.22. The van der Waals surface area contributed by atoms with E-state index in [1.54, 1.807) is 0 Å². The molecule has 1 N–H and O–H groups in total. The van der Waals surface area contributed by atoms with Crippen LogP contribution in [0, 0.1) is 10.1 Å². The molecule has 0 aliphatic carbocycles. The van der Waals surface area contributed by atoms with E-state index < -0.39 is 23.3 Å². The maximum atomic E-state index is 11.8. The number of carbonyl (C=O) groups excluding carboxylic acids is 2. The number of hydrogen-bond acceptors (Lipinski definition) is 9. The van der Waals surface area contributed by atoms with Crippen molar-refractivity contribution < 1.29 is 19.6 Å². The summed E-state index contributed by atoms with van der Waals surface area (Å²) in [5.74, 6) is -1.91. The Balaban J connectivity index is 1.93. The summed E-state index contributed by atoms with van der Waals surface area (Å²) in [6.07, 6.45) is 0. The Morgan fingerprint density at radius 2 is 2.17 bits per heavy atom. The number of nitro benzene ring substituents is 1. The highest BCUT2D eigenvalue weighted by Crippen LogP contribution is 2.18. The second-order valence-corrected chi connectivity index (χ2v) is 5.08. The van der Waals surface area contributed by atoms with Gasteiger partial charge in [0, 0.05) is 17.8 Å². The van der Waals surface area contributed by atoms with Crippen molar-refractivity contribution in [3.8, 4) is 0 Å². The van der Waals surface area contributed by atoms with Gasteiger partial charge >= 0.3 is 0 Å². The molecule has 0 saturated carbocycles. The van der Waals surface area contributed by atoms with Crippen LogP contribution >= 0.6 is 11.8 Å². The zero-order valence-electron chi connectivity index (χ0n) is 11.4. The minimum Gasteiger partial charge on any atom is -0.548 e. The van der Waals surface area contributed by atoms with E-state index in [9.17, 15) is 24.8 Å². The molecule has 1 aromatic heterocycles. The number of nitrogens with one attached hydrogen (secondary N) is 1. The van der Waals surface area contributed by atoms with Gasteiger partial charge in [0.15, 0.2) is 0 Å². The van der Waals surface area contributed by atoms with Crippen LogP contribution in [-0.2, 0) is 16.1 Å². The van der Waals surface area contributed by atoms with Crippen LogP contribution in [-0.4, -0.2) is 42.8 Å². The van der Waals surface area contributed by atoms with Crippen LogP contribution in [0.25, 0.3) is 0 Å². The zero-order valence-corrected chi connectivity index (χ0v) is 12.2. The number of carboxylic acid groups (broad SMARTS) is 1. The quantitative estimate of drug-likeness (QED) is 0.382. The highest BCUT2D eigenvalue weighted by Gasteiger charge is 2.12. The lowest BCUT2D eigenvalue weighted by molar-refractivity contribution is -0.384. The molecular formula is C11H9N6O5S-. The Morgan fingerprint density at radius 1 is 1.39 bits per heavy atom. The predicted octanol–water partition coefficient (Wildman–Crippen LogP) is -0.938. The molecular weight excluding hydrogens is 328 g/mol. The molecule has 23 heavy (non-hydrogen) atoms. The number of aromatic nitrogens is 4. The van der Waals surface area contributed by atoms with E-state index in [-0.39, 0.29) is 22.3 Å². The van der Waals surface area contributed by atoms with Gasteiger partial charge in [-0.05, 0) is 16.5 Å². The molecule has 1 heterocycles. The van der Waals surface area contributed by atoms with Gasteiger partial charge in [-0.3, -0.25) is 14.9 Å². The number of benzene rings is 1. The first-order valence-electron chi connectivity index (χ1n) is 6.09. The fraction of sp³-hybridized carbons (Fsp3) is 0.182. The third kappa shape index (κ3) is 4.74. The lowest BCUT2D eigenvalue weighted by Crippen LogP contribution is -2.28. The number of tetrazole rings is 1. The second kappa shape index (κ2) is 7.31. The number of nitrogens with zero attached hydrogens (tertiary/aromatic N) is 5. The Bertz CT molecular complexity index is 748. The number of anilines is 1. The Morgan fingerprint density at radius 3 is 2.87 bits per heavy atom. The number of carbonyl (C=O) groups is 2. The van der Waals surface area contributed by atoms with E-state index in [0.29, 0.717) is 0 Å². The molecule has 0 spiro atoms. The van der Waals surface area contributed by atoms with E-state index in [1.165, 1.54) is 24.3 Å². The maximum Gasteiger partial charge on any atom is 0.271 e. The van der Waals surface area contributed by atoms with Crippen molar-refractivity contribution >= 4 is 35.0 Å². The molecule has 0 aliphatic rings. The van der Waals surface area contributed by atoms with Gasteiger partial charge in [-0.2, -0.15) is 0 Å². The molecule has 0 bridgehead atoms. The van der Waals surface area contributed by atoms with E-state index in [0.717, 1.165) is 16.4 Å². The van der Waals surface area contributed by atoms with Crippen LogP contribution in [0.15, 0.2) is 29.4 Å². The van der Waals surface area contributed by atoms with Crippen molar-refractivity contribution in [2.75, 3.05) is 11.1 Å². The summed E-state index contributed by atoms with van der Waals surface area (Å²) >= 11 is 0.923. The van der Waals surface area contributed by atoms with Crippen LogP contribution < -0.4 is 10.4 Å². The molecule has 1 aromatic carbocycles. The third-order valence-electron chi connectivity index (χ3n) is 2.45. The molecule has 2 aromatic rings. The monoisotopic (exact) mass is 337 g/mol. The Hall–Kier alpha value is -3.02. The SMILES string of the molecule is O=C([O-])Cn1nnnc1SCC(=O)Nc1cccc([N+](=O)[O-])c1. The van der Waals surface area contributed by atoms with Crippen molar-refractivity contribution in [1.29, 1.82) is 0 Å². The maximum absolute atomic E-state index is 11.8. The number of nitro groups is 1. The summed E-state index contributed by atoms with van der Waals surface area (Å²) in [7, 11) is 0. The second-order valence-electron chi connectivity index (χ2n) is 4.14. The predicted molar refractivity (Wildman–Crippen MR) is 75.3 cm³/mol. The van der Waals surface area contributed by atoms with Crippen molar-refractivity contribution in [3.05, 3.63) is 34.4 Å². The standard InChI is InChI=1S/C11H10N6O5S/c18-9(12-7-2-1-3-8(4-7)17(21)22)6-23-11-13-14-15-16(11)5-10(19)20/h1-4H,5-6H2,(H,12,18)(H,19,20)/p-1. The summed E-state index contributed by atoms with van der Waals surface area (Å²) in [4.78, 5) is 32.4. The smallest absolute Gasteiger partial charge is 0.271 e. The Kier molecular flexibility index (Phi) is 5.19. The first-order valence-corrected chi connectivity index (χ1v) is 7.07. The van der Waals surface area contributed by atoms with Crippen molar-refractivity contribution in [1.82, 2.24) is 20.2 Å². The summed E-state index contributed by atoms with van der Waals surface area (Å²) in [5.41, 5.74) is 0.132. The van der Waals surface area contributed by atoms with Crippen molar-refractivity contribution in [2.24, 2.45) is 0 Å². The molecule has 0 aliphatic heterocycles. The molecule has 12 heteroatoms. The van der Waals surface area contributed by atoms with Gasteiger partial charge in [0.05, 0.1) is 23.2 Å². The molecule has 1 amide bonds. The molecule has 2 rings (SSSR count). The first-order chi connectivity index (χ1) is 11.0. The van der Waals surface area contributed by atoms with E-state index in [1.807, 2.05) is 0 Å². The minimum atomic E-state index is -1.36.